The standard InChI is InChI=1S/C16H15N3O4S/c1-2-10-5-3-4-6-13(10)18-19-15-12-9-11(24(21,22)23)7-8-14(12)17-16(15)20/h3-9,18H,2H2,1H3,(H,17,19,20)(H,21,22,23). The predicted molar refractivity (Wildman–Crippen MR) is 90.9 cm³/mol. The fourth-order valence-electron chi connectivity index (χ4n) is 2.46. The molecule has 1 aliphatic heterocycles. The first-order chi connectivity index (χ1) is 11.4. The van der Waals surface area contributed by atoms with Crippen molar-refractivity contribution >= 4 is 33.1 Å². The number of hydrogen-bond acceptors (Lipinski definition) is 5. The summed E-state index contributed by atoms with van der Waals surface area (Å²) in [5.74, 6) is -0.445. The average Bonchev–Trinajstić information content (AvgIpc) is 2.86. The third-order valence-electron chi connectivity index (χ3n) is 3.69. The maximum Gasteiger partial charge on any atom is 0.294 e. The third kappa shape index (κ3) is 3.01. The number of carbonyl (C=O) groups excluding carboxylic acids is 1. The lowest BCUT2D eigenvalue weighted by Gasteiger charge is -2.07. The van der Waals surface area contributed by atoms with Crippen LogP contribution in [-0.2, 0) is 21.3 Å². The summed E-state index contributed by atoms with van der Waals surface area (Å²) < 4.78 is 31.7. The summed E-state index contributed by atoms with van der Waals surface area (Å²) in [6, 6.07) is 11.4. The summed E-state index contributed by atoms with van der Waals surface area (Å²) in [5, 5.41) is 6.73. The Morgan fingerprint density at radius 2 is 1.96 bits per heavy atom. The van der Waals surface area contributed by atoms with Crippen molar-refractivity contribution in [3.05, 3.63) is 53.6 Å². The zero-order valence-electron chi connectivity index (χ0n) is 12.8. The van der Waals surface area contributed by atoms with Crippen molar-refractivity contribution in [2.75, 3.05) is 10.7 Å². The molecule has 0 aromatic heterocycles. The van der Waals surface area contributed by atoms with Crippen LogP contribution in [-0.4, -0.2) is 24.6 Å². The molecule has 0 saturated carbocycles. The Hall–Kier alpha value is -2.71. The lowest BCUT2D eigenvalue weighted by molar-refractivity contribution is -0.110. The van der Waals surface area contributed by atoms with Crippen LogP contribution in [0.3, 0.4) is 0 Å². The van der Waals surface area contributed by atoms with Gasteiger partial charge in [0.05, 0.1) is 16.3 Å². The van der Waals surface area contributed by atoms with E-state index >= 15 is 0 Å². The lowest BCUT2D eigenvalue weighted by Crippen LogP contribution is -2.16. The smallest absolute Gasteiger partial charge is 0.294 e. The highest BCUT2D eigenvalue weighted by atomic mass is 32.2. The fourth-order valence-corrected chi connectivity index (χ4v) is 2.96. The highest BCUT2D eigenvalue weighted by Crippen LogP contribution is 2.27. The first kappa shape index (κ1) is 16.2. The summed E-state index contributed by atoms with van der Waals surface area (Å²) in [4.78, 5) is 11.8. The topological polar surface area (TPSA) is 108 Å². The van der Waals surface area contributed by atoms with E-state index in [2.05, 4.69) is 15.8 Å². The molecule has 24 heavy (non-hydrogen) atoms. The van der Waals surface area contributed by atoms with Gasteiger partial charge in [-0.05, 0) is 36.2 Å². The van der Waals surface area contributed by atoms with Gasteiger partial charge in [-0.15, -0.1) is 0 Å². The summed E-state index contributed by atoms with van der Waals surface area (Å²) in [6.45, 7) is 2.00. The number of amides is 1. The molecule has 1 aliphatic rings. The predicted octanol–water partition coefficient (Wildman–Crippen LogP) is 2.26. The van der Waals surface area contributed by atoms with Crippen molar-refractivity contribution in [1.29, 1.82) is 0 Å². The average molecular weight is 345 g/mol. The molecule has 0 fully saturated rings. The zero-order valence-corrected chi connectivity index (χ0v) is 13.6. The van der Waals surface area contributed by atoms with Crippen LogP contribution in [0.5, 0.6) is 0 Å². The SMILES string of the molecule is CCc1ccccc1NN=C1C(=O)Nc2ccc(S(=O)(=O)O)cc21. The van der Waals surface area contributed by atoms with Gasteiger partial charge in [-0.3, -0.25) is 14.8 Å². The Kier molecular flexibility index (Phi) is 4.08. The Labute approximate surface area is 139 Å². The van der Waals surface area contributed by atoms with Crippen LogP contribution >= 0.6 is 0 Å². The van der Waals surface area contributed by atoms with Crippen LogP contribution in [0.1, 0.15) is 18.1 Å². The maximum atomic E-state index is 12.1. The number of anilines is 2. The van der Waals surface area contributed by atoms with Gasteiger partial charge in [0.25, 0.3) is 16.0 Å². The minimum absolute atomic E-state index is 0.0569. The van der Waals surface area contributed by atoms with Crippen LogP contribution < -0.4 is 10.7 Å². The minimum Gasteiger partial charge on any atom is -0.320 e. The molecule has 7 nitrogen and oxygen atoms in total. The maximum absolute atomic E-state index is 12.1. The monoisotopic (exact) mass is 345 g/mol. The van der Waals surface area contributed by atoms with Crippen LogP contribution in [0.2, 0.25) is 0 Å². The first-order valence-corrected chi connectivity index (χ1v) is 8.69. The zero-order chi connectivity index (χ0) is 17.3. The van der Waals surface area contributed by atoms with Gasteiger partial charge in [0.2, 0.25) is 0 Å². The second kappa shape index (κ2) is 6.06. The van der Waals surface area contributed by atoms with Gasteiger partial charge < -0.3 is 5.32 Å². The number of aryl methyl sites for hydroxylation is 1. The first-order valence-electron chi connectivity index (χ1n) is 7.25. The molecule has 124 valence electrons. The van der Waals surface area contributed by atoms with Crippen LogP contribution in [0.4, 0.5) is 11.4 Å². The molecule has 2 aromatic carbocycles. The van der Waals surface area contributed by atoms with Gasteiger partial charge in [0.1, 0.15) is 0 Å². The number of rotatable bonds is 4. The molecule has 0 unspecified atom stereocenters. The number of fused-ring (bicyclic) bond motifs is 1. The molecule has 2 aromatic rings. The second-order valence-electron chi connectivity index (χ2n) is 5.22. The second-order valence-corrected chi connectivity index (χ2v) is 6.64. The summed E-state index contributed by atoms with van der Waals surface area (Å²) in [6.07, 6.45) is 0.795. The molecular formula is C16H15N3O4S. The molecule has 1 heterocycles. The number of para-hydroxylation sites is 1. The number of nitrogens with zero attached hydrogens (tertiary/aromatic N) is 1. The largest absolute Gasteiger partial charge is 0.320 e. The number of hydrogen-bond donors (Lipinski definition) is 3. The Balaban J connectivity index is 2.00. The van der Waals surface area contributed by atoms with Crippen molar-refractivity contribution < 1.29 is 17.8 Å². The van der Waals surface area contributed by atoms with E-state index in [1.165, 1.54) is 18.2 Å². The molecule has 3 N–H and O–H groups in total. The van der Waals surface area contributed by atoms with Crippen molar-refractivity contribution in [1.82, 2.24) is 0 Å². The van der Waals surface area contributed by atoms with Crippen LogP contribution in [0.25, 0.3) is 0 Å². The normalized spacial score (nSPS) is 15.2. The Morgan fingerprint density at radius 3 is 2.67 bits per heavy atom. The number of carbonyl (C=O) groups is 1. The quantitative estimate of drug-likeness (QED) is 0.582. The van der Waals surface area contributed by atoms with Crippen LogP contribution in [0.15, 0.2) is 52.5 Å². The Morgan fingerprint density at radius 1 is 1.21 bits per heavy atom. The van der Waals surface area contributed by atoms with E-state index < -0.39 is 16.0 Å². The highest BCUT2D eigenvalue weighted by molar-refractivity contribution is 7.85. The van der Waals surface area contributed by atoms with Gasteiger partial charge in [0.15, 0.2) is 5.71 Å². The molecular weight excluding hydrogens is 330 g/mol. The number of benzene rings is 2. The van der Waals surface area contributed by atoms with Gasteiger partial charge in [0, 0.05) is 5.56 Å². The van der Waals surface area contributed by atoms with Crippen molar-refractivity contribution in [2.45, 2.75) is 18.2 Å². The molecule has 0 spiro atoms. The Bertz CT molecular complexity index is 952. The van der Waals surface area contributed by atoms with E-state index in [9.17, 15) is 13.2 Å². The van der Waals surface area contributed by atoms with Crippen molar-refractivity contribution in [2.24, 2.45) is 5.10 Å². The summed E-state index contributed by atoms with van der Waals surface area (Å²) in [5.41, 5.74) is 5.46. The van der Waals surface area contributed by atoms with Gasteiger partial charge in [-0.1, -0.05) is 25.1 Å². The molecule has 1 amide bonds. The molecule has 3 rings (SSSR count). The van der Waals surface area contributed by atoms with Crippen molar-refractivity contribution in [3.8, 4) is 0 Å². The van der Waals surface area contributed by atoms with E-state index in [1.54, 1.807) is 0 Å². The highest BCUT2D eigenvalue weighted by Gasteiger charge is 2.28. The fraction of sp³-hybridized carbons (Fsp3) is 0.125. The van der Waals surface area contributed by atoms with Crippen LogP contribution in [0, 0.1) is 0 Å². The van der Waals surface area contributed by atoms with Gasteiger partial charge in [-0.25, -0.2) is 0 Å². The van der Waals surface area contributed by atoms with E-state index in [1.807, 2.05) is 31.2 Å². The van der Waals surface area contributed by atoms with Gasteiger partial charge in [-0.2, -0.15) is 13.5 Å². The molecule has 0 bridgehead atoms. The summed E-state index contributed by atoms with van der Waals surface area (Å²) >= 11 is 0. The number of hydrazone groups is 1. The van der Waals surface area contributed by atoms with E-state index in [-0.39, 0.29) is 10.6 Å². The van der Waals surface area contributed by atoms with E-state index in [0.717, 1.165) is 17.7 Å². The molecule has 8 heteroatoms. The molecule has 0 atom stereocenters. The minimum atomic E-state index is -4.36. The number of nitrogens with one attached hydrogen (secondary N) is 2. The van der Waals surface area contributed by atoms with E-state index in [4.69, 9.17) is 4.55 Å². The summed E-state index contributed by atoms with van der Waals surface area (Å²) in [7, 11) is -4.36. The third-order valence-corrected chi connectivity index (χ3v) is 4.54. The molecule has 0 saturated heterocycles. The lowest BCUT2D eigenvalue weighted by atomic mass is 10.1. The van der Waals surface area contributed by atoms with Gasteiger partial charge >= 0.3 is 0 Å². The van der Waals surface area contributed by atoms with E-state index in [0.29, 0.717) is 11.3 Å². The van der Waals surface area contributed by atoms with Crippen molar-refractivity contribution in [3.63, 3.8) is 0 Å². The molecule has 0 radical (unpaired) electrons. The molecule has 0 aliphatic carbocycles.